The Bertz CT molecular complexity index is 2270. The van der Waals surface area contributed by atoms with Crippen LogP contribution in [0.25, 0.3) is 61.9 Å². The largest absolute Gasteiger partial charge is 0.256 e. The summed E-state index contributed by atoms with van der Waals surface area (Å²) in [7, 11) is 0. The van der Waals surface area contributed by atoms with E-state index < -0.39 is 0 Å². The Morgan fingerprint density at radius 3 is 1.98 bits per heavy atom. The topological polar surface area (TPSA) is 25.8 Å². The summed E-state index contributed by atoms with van der Waals surface area (Å²) in [4.78, 5) is 9.87. The number of hydrogen-bond donors (Lipinski definition) is 0. The molecule has 0 unspecified atom stereocenters. The quantitative estimate of drug-likeness (QED) is 0.193. The van der Waals surface area contributed by atoms with Gasteiger partial charge < -0.3 is 0 Å². The second-order valence-corrected chi connectivity index (χ2v) is 11.1. The molecule has 2 heteroatoms. The van der Waals surface area contributed by atoms with E-state index in [2.05, 4.69) is 134 Å². The van der Waals surface area contributed by atoms with Gasteiger partial charge in [-0.15, -0.1) is 0 Å². The Kier molecular flexibility index (Phi) is 8.25. The first kappa shape index (κ1) is 28.6. The number of rotatable bonds is 6. The lowest BCUT2D eigenvalue weighted by Crippen LogP contribution is -1.95. The van der Waals surface area contributed by atoms with Gasteiger partial charge in [0.25, 0.3) is 0 Å². The van der Waals surface area contributed by atoms with Gasteiger partial charge in [0.15, 0.2) is 0 Å². The van der Waals surface area contributed by atoms with E-state index in [4.69, 9.17) is 9.97 Å². The molecule has 0 saturated carbocycles. The van der Waals surface area contributed by atoms with E-state index in [0.29, 0.717) is 0 Å². The summed E-state index contributed by atoms with van der Waals surface area (Å²) in [6, 6.07) is 56.4. The maximum atomic E-state index is 4.98. The third-order valence-electron chi connectivity index (χ3n) is 8.11. The monoisotopic (exact) mass is 588 g/mol. The van der Waals surface area contributed by atoms with Gasteiger partial charge >= 0.3 is 0 Å². The van der Waals surface area contributed by atoms with Gasteiger partial charge in [-0.25, -0.2) is 4.98 Å². The van der Waals surface area contributed by atoms with Crippen LogP contribution in [0.4, 0.5) is 0 Å². The Balaban J connectivity index is 1.40. The van der Waals surface area contributed by atoms with E-state index in [-0.39, 0.29) is 0 Å². The Labute approximate surface area is 270 Å². The Hall–Kier alpha value is -6.12. The number of pyridine rings is 2. The number of hydrogen-bond acceptors (Lipinski definition) is 2. The van der Waals surface area contributed by atoms with Crippen LogP contribution in [-0.4, -0.2) is 9.97 Å². The highest BCUT2D eigenvalue weighted by Crippen LogP contribution is 2.36. The zero-order chi connectivity index (χ0) is 31.1. The van der Waals surface area contributed by atoms with Crippen LogP contribution in [0.2, 0.25) is 0 Å². The maximum Gasteiger partial charge on any atom is 0.0709 e. The summed E-state index contributed by atoms with van der Waals surface area (Å²) in [5.74, 6) is 0. The standard InChI is InChI=1S/C44H32N2/c1-32(35-20-8-2-3-11-24-43-38(28-35)29-36-21-12-15-25-42(36)46-43)39-22-13-14-23-40(39)41-30-44(34-18-9-5-10-19-34)45-31-37(41)27-26-33-16-6-4-7-17-33/h2-31H,1H2/b3-2?,8-2?,11-3?,20-8?,24-11?,27-26-,35-20?,35-28?,38-28?,43-24?. The second-order valence-electron chi connectivity index (χ2n) is 11.1. The van der Waals surface area contributed by atoms with Crippen molar-refractivity contribution in [2.45, 2.75) is 0 Å². The lowest BCUT2D eigenvalue weighted by atomic mass is 9.89. The van der Waals surface area contributed by atoms with E-state index in [1.165, 1.54) is 0 Å². The van der Waals surface area contributed by atoms with E-state index in [9.17, 15) is 0 Å². The van der Waals surface area contributed by atoms with Crippen molar-refractivity contribution in [3.63, 3.8) is 0 Å². The number of para-hydroxylation sites is 1. The highest BCUT2D eigenvalue weighted by molar-refractivity contribution is 5.96. The number of nitrogens with zero attached hydrogens (tertiary/aromatic N) is 2. The van der Waals surface area contributed by atoms with Crippen LogP contribution in [0.3, 0.4) is 0 Å². The summed E-state index contributed by atoms with van der Waals surface area (Å²) in [5, 5.41) is 2.15. The van der Waals surface area contributed by atoms with Gasteiger partial charge in [0.2, 0.25) is 0 Å². The number of aromatic nitrogens is 2. The minimum atomic E-state index is 0.923. The molecule has 7 aromatic rings. The van der Waals surface area contributed by atoms with Gasteiger partial charge in [0.05, 0.1) is 16.7 Å². The molecule has 0 N–H and O–H groups in total. The van der Waals surface area contributed by atoms with E-state index >= 15 is 0 Å². The molecule has 0 atom stereocenters. The van der Waals surface area contributed by atoms with Crippen molar-refractivity contribution < 1.29 is 0 Å². The lowest BCUT2D eigenvalue weighted by molar-refractivity contribution is 1.31. The molecule has 0 aliphatic heterocycles. The van der Waals surface area contributed by atoms with Crippen LogP contribution in [0.15, 0.2) is 177 Å². The average molecular weight is 589 g/mol. The molecule has 2 nitrogen and oxygen atoms in total. The number of fused-ring (bicyclic) bond motifs is 2. The minimum absolute atomic E-state index is 0.923. The molecular weight excluding hydrogens is 556 g/mol. The smallest absolute Gasteiger partial charge is 0.0709 e. The van der Waals surface area contributed by atoms with Crippen molar-refractivity contribution in [2.75, 3.05) is 0 Å². The predicted octanol–water partition coefficient (Wildman–Crippen LogP) is 11.5. The first-order valence-corrected chi connectivity index (χ1v) is 15.4. The van der Waals surface area contributed by atoms with Crippen molar-refractivity contribution in [1.82, 2.24) is 9.97 Å². The SMILES string of the molecule is C=C(c1ccccccc2nc3ccccc3cc2c1)c1ccccc1-c1cc(-c2ccccc2)ncc1/C=C\c1ccccc1. The predicted molar refractivity (Wildman–Crippen MR) is 195 cm³/mol. The Morgan fingerprint density at radius 1 is 0.522 bits per heavy atom. The average Bonchev–Trinajstić information content (AvgIpc) is 3.12. The van der Waals surface area contributed by atoms with Gasteiger partial charge in [-0.2, -0.15) is 0 Å². The molecule has 0 fully saturated rings. The molecular formula is C44H32N2. The second kappa shape index (κ2) is 13.3. The summed E-state index contributed by atoms with van der Waals surface area (Å²) < 4.78 is 0. The summed E-state index contributed by atoms with van der Waals surface area (Å²) in [6.45, 7) is 4.68. The first-order valence-electron chi connectivity index (χ1n) is 15.4. The van der Waals surface area contributed by atoms with Crippen LogP contribution in [0.1, 0.15) is 22.3 Å². The van der Waals surface area contributed by atoms with Gasteiger partial charge in [0, 0.05) is 28.1 Å². The van der Waals surface area contributed by atoms with Crippen molar-refractivity contribution in [2.24, 2.45) is 0 Å². The molecule has 218 valence electrons. The third-order valence-corrected chi connectivity index (χ3v) is 8.11. The fraction of sp³-hybridized carbons (Fsp3) is 0. The molecule has 0 radical (unpaired) electrons. The van der Waals surface area contributed by atoms with Gasteiger partial charge in [-0.3, -0.25) is 4.98 Å². The third kappa shape index (κ3) is 6.24. The molecule has 0 bridgehead atoms. The molecule has 2 heterocycles. The number of benzene rings is 4. The van der Waals surface area contributed by atoms with Crippen LogP contribution in [-0.2, 0) is 0 Å². The van der Waals surface area contributed by atoms with Crippen LogP contribution < -0.4 is 0 Å². The van der Waals surface area contributed by atoms with Gasteiger partial charge in [-0.1, -0.05) is 152 Å². The maximum absolute atomic E-state index is 4.98. The van der Waals surface area contributed by atoms with Crippen molar-refractivity contribution in [3.8, 4) is 22.4 Å². The highest BCUT2D eigenvalue weighted by Gasteiger charge is 2.14. The van der Waals surface area contributed by atoms with Crippen molar-refractivity contribution in [1.29, 1.82) is 0 Å². The highest BCUT2D eigenvalue weighted by atomic mass is 14.7. The molecule has 0 amide bonds. The van der Waals surface area contributed by atoms with Crippen molar-refractivity contribution in [3.05, 3.63) is 199 Å². The zero-order valence-electron chi connectivity index (χ0n) is 25.4. The molecule has 0 aliphatic rings. The fourth-order valence-electron chi connectivity index (χ4n) is 5.72. The molecule has 2 aromatic heterocycles. The van der Waals surface area contributed by atoms with Crippen LogP contribution in [0.5, 0.6) is 0 Å². The Morgan fingerprint density at radius 2 is 1.15 bits per heavy atom. The molecule has 0 saturated heterocycles. The van der Waals surface area contributed by atoms with E-state index in [1.54, 1.807) is 0 Å². The van der Waals surface area contributed by atoms with Gasteiger partial charge in [0.1, 0.15) is 0 Å². The zero-order valence-corrected chi connectivity index (χ0v) is 25.4. The lowest BCUT2D eigenvalue weighted by Gasteiger charge is -2.16. The molecule has 0 spiro atoms. The fourth-order valence-corrected chi connectivity index (χ4v) is 5.72. The van der Waals surface area contributed by atoms with Crippen LogP contribution >= 0.6 is 0 Å². The summed E-state index contributed by atoms with van der Waals surface area (Å²) >= 11 is 0. The normalized spacial score (nSPS) is 11.0. The molecule has 7 rings (SSSR count). The van der Waals surface area contributed by atoms with Crippen molar-refractivity contribution >= 4 is 39.5 Å². The minimum Gasteiger partial charge on any atom is -0.256 e. The molecule has 5 aromatic carbocycles. The summed E-state index contributed by atoms with van der Waals surface area (Å²) in [6.07, 6.45) is 6.27. The first-order chi connectivity index (χ1) is 22.7. The molecule has 46 heavy (non-hydrogen) atoms. The van der Waals surface area contributed by atoms with E-state index in [1.807, 2.05) is 54.7 Å². The molecule has 0 aliphatic carbocycles. The van der Waals surface area contributed by atoms with E-state index in [0.717, 1.165) is 72.0 Å². The van der Waals surface area contributed by atoms with Gasteiger partial charge in [-0.05, 0) is 63.7 Å². The summed E-state index contributed by atoms with van der Waals surface area (Å²) in [5.41, 5.74) is 11.3. The van der Waals surface area contributed by atoms with Crippen LogP contribution in [0, 0.1) is 0 Å².